The van der Waals surface area contributed by atoms with Crippen molar-refractivity contribution in [3.05, 3.63) is 32.2 Å². The summed E-state index contributed by atoms with van der Waals surface area (Å²) in [6, 6.07) is -1.72. The summed E-state index contributed by atoms with van der Waals surface area (Å²) in [5, 5.41) is 20.3. The van der Waals surface area contributed by atoms with Gasteiger partial charge in [-0.3, -0.25) is 28.9 Å². The monoisotopic (exact) mass is 746 g/mol. The maximum absolute atomic E-state index is 14.1. The minimum absolute atomic E-state index is 0.0318. The van der Waals surface area contributed by atoms with Gasteiger partial charge in [0.2, 0.25) is 11.8 Å². The van der Waals surface area contributed by atoms with Crippen LogP contribution in [0.4, 0.5) is 0 Å². The lowest BCUT2D eigenvalue weighted by Gasteiger charge is -2.37. The first-order valence-corrected chi connectivity index (χ1v) is 19.8. The number of carbonyl (C=O) groups excluding carboxylic acids is 4. The number of carboxylic acids is 1. The zero-order valence-corrected chi connectivity index (χ0v) is 32.5. The number of esters is 1. The lowest BCUT2D eigenvalue weighted by atomic mass is 9.95. The molecule has 0 bridgehead atoms. The predicted molar refractivity (Wildman–Crippen MR) is 195 cm³/mol. The van der Waals surface area contributed by atoms with Crippen molar-refractivity contribution in [2.45, 2.75) is 123 Å². The Balaban J connectivity index is 1.48. The van der Waals surface area contributed by atoms with Crippen molar-refractivity contribution in [1.82, 2.24) is 30.4 Å². The van der Waals surface area contributed by atoms with E-state index in [0.29, 0.717) is 11.4 Å². The normalized spacial score (nSPS) is 19.4. The first-order valence-electron chi connectivity index (χ1n) is 18.1. The number of aliphatic carboxylic acids is 1. The molecule has 4 rings (SSSR count). The van der Waals surface area contributed by atoms with Crippen LogP contribution in [-0.2, 0) is 30.3 Å². The topological polar surface area (TPSA) is 171 Å². The molecule has 282 valence electrons. The van der Waals surface area contributed by atoms with Crippen LogP contribution in [0.5, 0.6) is 0 Å². The van der Waals surface area contributed by atoms with E-state index in [-0.39, 0.29) is 54.3 Å². The van der Waals surface area contributed by atoms with Gasteiger partial charge in [0.25, 0.3) is 5.91 Å². The van der Waals surface area contributed by atoms with Crippen LogP contribution < -0.4 is 10.6 Å². The lowest BCUT2D eigenvalue weighted by molar-refractivity contribution is -0.149. The average Bonchev–Trinajstić information content (AvgIpc) is 3.65. The number of rotatable bonds is 18. The highest BCUT2D eigenvalue weighted by Crippen LogP contribution is 2.36. The number of likely N-dealkylation sites (tertiary alicyclic amines) is 1. The smallest absolute Gasteiger partial charge is 0.306 e. The van der Waals surface area contributed by atoms with Crippen LogP contribution >= 0.6 is 22.7 Å². The number of nitrogens with one attached hydrogen (secondary N) is 2. The van der Waals surface area contributed by atoms with Crippen molar-refractivity contribution in [2.24, 2.45) is 17.8 Å². The largest absolute Gasteiger partial charge is 0.481 e. The maximum atomic E-state index is 14.1. The van der Waals surface area contributed by atoms with Crippen molar-refractivity contribution in [3.8, 4) is 0 Å². The molecule has 0 radical (unpaired) electrons. The van der Waals surface area contributed by atoms with Gasteiger partial charge in [0.05, 0.1) is 17.0 Å². The fourth-order valence-corrected chi connectivity index (χ4v) is 8.53. The van der Waals surface area contributed by atoms with Gasteiger partial charge in [-0.15, -0.1) is 22.7 Å². The SMILES string of the molecule is CCN1CCCC[C@@H]1C(=O)N[C@H](C(=O)N(C)[C@H](C[C@@H](OC(C)=O)c1nc(C(=O)N[C@@H](Cc2nc(C)cs2)C[C@H](C)C(=O)O)cs1)C(C)C)C1CC1. The van der Waals surface area contributed by atoms with E-state index in [1.54, 1.807) is 24.3 Å². The van der Waals surface area contributed by atoms with Crippen molar-refractivity contribution in [1.29, 1.82) is 0 Å². The minimum Gasteiger partial charge on any atom is -0.481 e. The summed E-state index contributed by atoms with van der Waals surface area (Å²) in [4.78, 5) is 77.9. The summed E-state index contributed by atoms with van der Waals surface area (Å²) < 4.78 is 5.76. The molecule has 0 aromatic carbocycles. The Morgan fingerprint density at radius 2 is 1.76 bits per heavy atom. The van der Waals surface area contributed by atoms with Crippen LogP contribution in [0.15, 0.2) is 10.8 Å². The highest BCUT2D eigenvalue weighted by atomic mass is 32.1. The number of carbonyl (C=O) groups is 5. The third kappa shape index (κ3) is 11.3. The summed E-state index contributed by atoms with van der Waals surface area (Å²) in [5.41, 5.74) is 0.982. The fraction of sp³-hybridized carbons (Fsp3) is 0.694. The van der Waals surface area contributed by atoms with E-state index < -0.39 is 42.0 Å². The van der Waals surface area contributed by atoms with Crippen LogP contribution in [0.25, 0.3) is 0 Å². The van der Waals surface area contributed by atoms with E-state index in [1.807, 2.05) is 26.2 Å². The molecule has 2 aromatic heterocycles. The van der Waals surface area contributed by atoms with Crippen molar-refractivity contribution >= 4 is 52.3 Å². The molecule has 1 saturated carbocycles. The first-order chi connectivity index (χ1) is 24.2. The molecule has 2 aliphatic rings. The summed E-state index contributed by atoms with van der Waals surface area (Å²) in [6.07, 6.45) is 4.59. The fourth-order valence-electron chi connectivity index (χ4n) is 6.83. The van der Waals surface area contributed by atoms with Gasteiger partial charge in [-0.05, 0) is 64.0 Å². The molecule has 13 nitrogen and oxygen atoms in total. The molecule has 1 aliphatic heterocycles. The molecule has 3 N–H and O–H groups in total. The van der Waals surface area contributed by atoms with Gasteiger partial charge < -0.3 is 25.4 Å². The minimum atomic E-state index is -0.953. The number of likely N-dealkylation sites (N-methyl/N-ethyl adjacent to an activating group) is 2. The van der Waals surface area contributed by atoms with Gasteiger partial charge in [-0.25, -0.2) is 9.97 Å². The predicted octanol–water partition coefficient (Wildman–Crippen LogP) is 4.61. The lowest BCUT2D eigenvalue weighted by Crippen LogP contribution is -2.57. The van der Waals surface area contributed by atoms with Crippen molar-refractivity contribution in [3.63, 3.8) is 0 Å². The number of aromatic nitrogens is 2. The molecule has 6 atom stereocenters. The van der Waals surface area contributed by atoms with Crippen LogP contribution in [0.2, 0.25) is 0 Å². The molecule has 3 amide bonds. The Bertz CT molecular complexity index is 1520. The summed E-state index contributed by atoms with van der Waals surface area (Å²) in [7, 11) is 1.74. The number of aryl methyl sites for hydroxylation is 1. The molecule has 1 saturated heterocycles. The first kappa shape index (κ1) is 40.3. The van der Waals surface area contributed by atoms with E-state index in [9.17, 15) is 29.1 Å². The van der Waals surface area contributed by atoms with E-state index in [4.69, 9.17) is 4.74 Å². The van der Waals surface area contributed by atoms with Gasteiger partial charge in [0.15, 0.2) is 6.10 Å². The van der Waals surface area contributed by atoms with Crippen LogP contribution in [-0.4, -0.2) is 98.8 Å². The zero-order chi connectivity index (χ0) is 37.4. The van der Waals surface area contributed by atoms with E-state index >= 15 is 0 Å². The Morgan fingerprint density at radius 3 is 2.35 bits per heavy atom. The quantitative estimate of drug-likeness (QED) is 0.183. The van der Waals surface area contributed by atoms with E-state index in [2.05, 4.69) is 32.4 Å². The Hall–Kier alpha value is -3.43. The third-order valence-electron chi connectivity index (χ3n) is 9.87. The second-order valence-electron chi connectivity index (χ2n) is 14.4. The van der Waals surface area contributed by atoms with Crippen LogP contribution in [0.1, 0.15) is 112 Å². The average molecular weight is 747 g/mol. The summed E-state index contributed by atoms with van der Waals surface area (Å²) >= 11 is 2.64. The Kier molecular flexibility index (Phi) is 14.5. The molecular formula is C36H54N6O7S2. The van der Waals surface area contributed by atoms with Gasteiger partial charge in [0.1, 0.15) is 16.7 Å². The zero-order valence-electron chi connectivity index (χ0n) is 30.8. The third-order valence-corrected chi connectivity index (χ3v) is 11.8. The number of thiazole rings is 2. The van der Waals surface area contributed by atoms with Crippen molar-refractivity contribution < 1.29 is 33.8 Å². The number of hydrogen-bond donors (Lipinski definition) is 3. The standard InChI is InChI=1S/C36H54N6O7S2/c1-8-42-14-10-9-11-27(42)33(45)40-31(24-12-13-24)35(46)41(7)28(20(2)3)17-29(49-23(6)43)34-39-26(19-51-34)32(44)38-25(15-21(4)36(47)48)16-30-37-22(5)18-50-30/h18-21,24-25,27-29,31H,8-17H2,1-7H3,(H,38,44)(H,40,45)(H,47,48)/t21-,25+,27+,28+,29+,31-/m0/s1. The molecule has 0 unspecified atom stereocenters. The van der Waals surface area contributed by atoms with Crippen molar-refractivity contribution in [2.75, 3.05) is 20.1 Å². The second-order valence-corrected chi connectivity index (χ2v) is 16.2. The molecule has 1 aliphatic carbocycles. The highest BCUT2D eigenvalue weighted by Gasteiger charge is 2.42. The van der Waals surface area contributed by atoms with E-state index in [1.165, 1.54) is 29.6 Å². The molecular weight excluding hydrogens is 693 g/mol. The number of carboxylic acid groups (broad SMARTS) is 1. The summed E-state index contributed by atoms with van der Waals surface area (Å²) in [6.45, 7) is 12.5. The molecule has 2 aromatic rings. The van der Waals surface area contributed by atoms with Gasteiger partial charge in [0, 0.05) is 55.4 Å². The molecule has 51 heavy (non-hydrogen) atoms. The van der Waals surface area contributed by atoms with E-state index in [0.717, 1.165) is 55.9 Å². The Labute approximate surface area is 308 Å². The van der Waals surface area contributed by atoms with Gasteiger partial charge in [-0.1, -0.05) is 34.1 Å². The van der Waals surface area contributed by atoms with Gasteiger partial charge >= 0.3 is 11.9 Å². The maximum Gasteiger partial charge on any atom is 0.306 e. The second kappa shape index (κ2) is 18.4. The number of piperidine rings is 1. The van der Waals surface area contributed by atoms with Crippen LogP contribution in [0.3, 0.4) is 0 Å². The Morgan fingerprint density at radius 1 is 1.04 bits per heavy atom. The van der Waals surface area contributed by atoms with Gasteiger partial charge in [-0.2, -0.15) is 0 Å². The molecule has 3 heterocycles. The molecule has 15 heteroatoms. The molecule has 0 spiro atoms. The van der Waals surface area contributed by atoms with Crippen LogP contribution in [0, 0.1) is 24.7 Å². The number of amides is 3. The number of nitrogens with zero attached hydrogens (tertiary/aromatic N) is 4. The number of hydrogen-bond acceptors (Lipinski definition) is 11. The number of ether oxygens (including phenoxy) is 1. The highest BCUT2D eigenvalue weighted by molar-refractivity contribution is 7.10. The summed E-state index contributed by atoms with van der Waals surface area (Å²) in [5.74, 6) is -2.83. The molecule has 2 fully saturated rings.